The van der Waals surface area contributed by atoms with Gasteiger partial charge in [0.05, 0.1) is 17.9 Å². The fraction of sp³-hybridized carbons (Fsp3) is 0.444. The molecule has 0 bridgehead atoms. The second kappa shape index (κ2) is 16.0. The summed E-state index contributed by atoms with van der Waals surface area (Å²) >= 11 is 0. The maximum absolute atomic E-state index is 13.2. The summed E-state index contributed by atoms with van der Waals surface area (Å²) < 4.78 is 5.06. The van der Waals surface area contributed by atoms with Crippen LogP contribution in [0.3, 0.4) is 0 Å². The summed E-state index contributed by atoms with van der Waals surface area (Å²) in [6, 6.07) is 3.69. The van der Waals surface area contributed by atoms with Gasteiger partial charge in [0.2, 0.25) is 6.41 Å². The van der Waals surface area contributed by atoms with Crippen LogP contribution >= 0.6 is 0 Å². The van der Waals surface area contributed by atoms with Gasteiger partial charge in [0, 0.05) is 45.5 Å². The number of hydrogen-bond acceptors (Lipinski definition) is 8. The molecule has 2 rings (SSSR count). The number of aldehydes is 1. The van der Waals surface area contributed by atoms with Crippen LogP contribution in [0.15, 0.2) is 41.8 Å². The van der Waals surface area contributed by atoms with E-state index in [2.05, 4.69) is 38.5 Å². The highest BCUT2D eigenvalue weighted by molar-refractivity contribution is 5.94. The van der Waals surface area contributed by atoms with Gasteiger partial charge in [0.15, 0.2) is 6.29 Å². The van der Waals surface area contributed by atoms with Crippen molar-refractivity contribution >= 4 is 24.5 Å². The molecule has 0 aliphatic carbocycles. The molecular weight excluding hydrogens is 486 g/mol. The standard InChI is InChI=1S/C27H37N7O4/c1-5-21(17-28)24(30-10-14-38-4)15-20(2)31-27(37)34-11-6-7-23-16-22(25(18-35)32-26(23)34)8-12-33(3)13-9-29-19-36/h5,15-16,18-19,30H,1,6-14H2,2-4H3,(H,29,36)(H,31,37)/b20-15+,24-21-. The van der Waals surface area contributed by atoms with Crippen molar-refractivity contribution in [1.29, 1.82) is 5.26 Å². The van der Waals surface area contributed by atoms with Gasteiger partial charge in [-0.15, -0.1) is 0 Å². The Hall–Kier alpha value is -4.01. The Balaban J connectivity index is 2.20. The molecule has 3 N–H and O–H groups in total. The fourth-order valence-electron chi connectivity index (χ4n) is 4.01. The summed E-state index contributed by atoms with van der Waals surface area (Å²) in [5.41, 5.74) is 3.45. The first-order chi connectivity index (χ1) is 18.4. The van der Waals surface area contributed by atoms with Crippen molar-refractivity contribution in [1.82, 2.24) is 25.8 Å². The Morgan fingerprint density at radius 2 is 2.13 bits per heavy atom. The van der Waals surface area contributed by atoms with Gasteiger partial charge in [-0.1, -0.05) is 6.58 Å². The van der Waals surface area contributed by atoms with Gasteiger partial charge in [0.1, 0.15) is 17.6 Å². The van der Waals surface area contributed by atoms with Gasteiger partial charge in [-0.3, -0.25) is 14.5 Å². The van der Waals surface area contributed by atoms with E-state index < -0.39 is 0 Å². The lowest BCUT2D eigenvalue weighted by Crippen LogP contribution is -2.43. The highest BCUT2D eigenvalue weighted by Crippen LogP contribution is 2.27. The molecule has 0 unspecified atom stereocenters. The van der Waals surface area contributed by atoms with E-state index >= 15 is 0 Å². The summed E-state index contributed by atoms with van der Waals surface area (Å²) in [6.45, 7) is 8.74. The van der Waals surface area contributed by atoms with E-state index in [1.54, 1.807) is 25.0 Å². The third-order valence-corrected chi connectivity index (χ3v) is 6.02. The predicted octanol–water partition coefficient (Wildman–Crippen LogP) is 1.68. The van der Waals surface area contributed by atoms with E-state index in [4.69, 9.17) is 4.74 Å². The highest BCUT2D eigenvalue weighted by atomic mass is 16.5. The number of amides is 3. The zero-order valence-corrected chi connectivity index (χ0v) is 22.4. The molecule has 11 nitrogen and oxygen atoms in total. The Labute approximate surface area is 224 Å². The van der Waals surface area contributed by atoms with E-state index in [0.29, 0.717) is 80.6 Å². The molecule has 0 fully saturated rings. The largest absolute Gasteiger partial charge is 0.383 e. The van der Waals surface area contributed by atoms with Gasteiger partial charge in [-0.2, -0.15) is 5.26 Å². The van der Waals surface area contributed by atoms with Gasteiger partial charge in [0.25, 0.3) is 0 Å². The van der Waals surface area contributed by atoms with Crippen molar-refractivity contribution in [2.75, 3.05) is 58.4 Å². The van der Waals surface area contributed by atoms with Gasteiger partial charge >= 0.3 is 6.03 Å². The number of anilines is 1. The molecule has 38 heavy (non-hydrogen) atoms. The number of likely N-dealkylation sites (N-methyl/N-ethyl adjacent to an activating group) is 1. The number of hydrogen-bond donors (Lipinski definition) is 3. The zero-order chi connectivity index (χ0) is 27.9. The number of ether oxygens (including phenoxy) is 1. The molecular formula is C27H37N7O4. The van der Waals surface area contributed by atoms with Gasteiger partial charge < -0.3 is 25.6 Å². The topological polar surface area (TPSA) is 140 Å². The number of rotatable bonds is 15. The van der Waals surface area contributed by atoms with Crippen molar-refractivity contribution in [2.24, 2.45) is 0 Å². The summed E-state index contributed by atoms with van der Waals surface area (Å²) in [4.78, 5) is 43.7. The molecule has 1 aliphatic rings. The number of nitrogens with zero attached hydrogens (tertiary/aromatic N) is 4. The van der Waals surface area contributed by atoms with Crippen LogP contribution < -0.4 is 20.9 Å². The summed E-state index contributed by atoms with van der Waals surface area (Å²) in [5, 5.41) is 18.0. The van der Waals surface area contributed by atoms with E-state index in [0.717, 1.165) is 30.3 Å². The summed E-state index contributed by atoms with van der Waals surface area (Å²) in [7, 11) is 3.53. The first-order valence-corrected chi connectivity index (χ1v) is 12.5. The van der Waals surface area contributed by atoms with Crippen LogP contribution in [-0.4, -0.2) is 82.1 Å². The minimum atomic E-state index is -0.368. The van der Waals surface area contributed by atoms with Crippen LogP contribution in [0.4, 0.5) is 10.6 Å². The zero-order valence-electron chi connectivity index (χ0n) is 22.4. The number of methoxy groups -OCH3 is 1. The number of carbonyl (C=O) groups is 3. The third-order valence-electron chi connectivity index (χ3n) is 6.02. The number of aromatic nitrogens is 1. The van der Waals surface area contributed by atoms with Crippen LogP contribution in [0.1, 0.15) is 35.0 Å². The smallest absolute Gasteiger partial charge is 0.327 e. The van der Waals surface area contributed by atoms with E-state index in [1.807, 2.05) is 13.1 Å². The number of fused-ring (bicyclic) bond motifs is 1. The Kier molecular flexibility index (Phi) is 12.7. The van der Waals surface area contributed by atoms with Crippen molar-refractivity contribution in [3.05, 3.63) is 58.6 Å². The monoisotopic (exact) mass is 523 g/mol. The molecule has 11 heteroatoms. The molecule has 0 radical (unpaired) electrons. The third kappa shape index (κ3) is 8.83. The van der Waals surface area contributed by atoms with Crippen molar-refractivity contribution < 1.29 is 19.1 Å². The fourth-order valence-corrected chi connectivity index (χ4v) is 4.01. The van der Waals surface area contributed by atoms with Gasteiger partial charge in [-0.05, 0) is 62.6 Å². The Morgan fingerprint density at radius 1 is 1.34 bits per heavy atom. The number of nitrogens with one attached hydrogen (secondary N) is 3. The molecule has 3 amide bonds. The van der Waals surface area contributed by atoms with E-state index in [9.17, 15) is 19.6 Å². The van der Waals surface area contributed by atoms with Crippen LogP contribution in [0, 0.1) is 11.3 Å². The Morgan fingerprint density at radius 3 is 2.79 bits per heavy atom. The van der Waals surface area contributed by atoms with Crippen molar-refractivity contribution in [3.63, 3.8) is 0 Å². The van der Waals surface area contributed by atoms with Crippen LogP contribution in [0.25, 0.3) is 0 Å². The number of aryl methyl sites for hydroxylation is 1. The average Bonchev–Trinajstić information content (AvgIpc) is 2.91. The molecule has 0 spiro atoms. The molecule has 2 heterocycles. The molecule has 0 saturated heterocycles. The van der Waals surface area contributed by atoms with Crippen LogP contribution in [-0.2, 0) is 22.4 Å². The quantitative estimate of drug-likeness (QED) is 0.137. The number of pyridine rings is 1. The lowest BCUT2D eigenvalue weighted by Gasteiger charge is -2.29. The molecule has 0 aromatic carbocycles. The van der Waals surface area contributed by atoms with E-state index in [1.165, 1.54) is 6.08 Å². The Bertz CT molecular complexity index is 1110. The molecule has 1 aliphatic heterocycles. The molecule has 1 aromatic rings. The van der Waals surface area contributed by atoms with E-state index in [-0.39, 0.29) is 6.03 Å². The number of nitriles is 1. The van der Waals surface area contributed by atoms with Crippen LogP contribution in [0.5, 0.6) is 0 Å². The lowest BCUT2D eigenvalue weighted by molar-refractivity contribution is -0.109. The maximum Gasteiger partial charge on any atom is 0.327 e. The summed E-state index contributed by atoms with van der Waals surface area (Å²) in [5.74, 6) is 0.480. The first kappa shape index (κ1) is 30.2. The maximum atomic E-state index is 13.2. The minimum Gasteiger partial charge on any atom is -0.383 e. The lowest BCUT2D eigenvalue weighted by atomic mass is 10.0. The van der Waals surface area contributed by atoms with Crippen molar-refractivity contribution in [3.8, 4) is 6.07 Å². The number of allylic oxidation sites excluding steroid dienone is 4. The van der Waals surface area contributed by atoms with Gasteiger partial charge in [-0.25, -0.2) is 9.78 Å². The molecule has 0 atom stereocenters. The predicted molar refractivity (Wildman–Crippen MR) is 146 cm³/mol. The second-order valence-electron chi connectivity index (χ2n) is 8.83. The minimum absolute atomic E-state index is 0.312. The SMILES string of the molecule is C=C/C(C#N)=C(\C=C(/C)NC(=O)N1CCCc2cc(CCN(C)CCNC=O)c(C=O)nc21)NCCOC. The number of urea groups is 1. The van der Waals surface area contributed by atoms with Crippen LogP contribution in [0.2, 0.25) is 0 Å². The second-order valence-corrected chi connectivity index (χ2v) is 8.83. The molecule has 1 aromatic heterocycles. The highest BCUT2D eigenvalue weighted by Gasteiger charge is 2.26. The summed E-state index contributed by atoms with van der Waals surface area (Å²) in [6.07, 6.45) is 6.66. The number of carbonyl (C=O) groups excluding carboxylic acids is 3. The average molecular weight is 524 g/mol. The molecule has 0 saturated carbocycles. The normalized spacial score (nSPS) is 13.7. The van der Waals surface area contributed by atoms with Crippen molar-refractivity contribution in [2.45, 2.75) is 26.2 Å². The first-order valence-electron chi connectivity index (χ1n) is 12.5. The molecule has 204 valence electrons.